The highest BCUT2D eigenvalue weighted by atomic mass is 32.2. The Kier molecular flexibility index (Phi) is 4.06. The fraction of sp³-hybridized carbons (Fsp3) is 0.636. The van der Waals surface area contributed by atoms with Gasteiger partial charge in [-0.2, -0.15) is 0 Å². The molecular formula is C11H18N2O4S. The first-order valence-corrected chi connectivity index (χ1v) is 7.41. The first kappa shape index (κ1) is 13.5. The van der Waals surface area contributed by atoms with Crippen molar-refractivity contribution < 1.29 is 17.6 Å². The van der Waals surface area contributed by atoms with Crippen molar-refractivity contribution in [3.05, 3.63) is 17.9 Å². The van der Waals surface area contributed by atoms with Crippen molar-refractivity contribution >= 4 is 10.0 Å². The van der Waals surface area contributed by atoms with Gasteiger partial charge in [0.2, 0.25) is 5.09 Å². The molecular weight excluding hydrogens is 256 g/mol. The summed E-state index contributed by atoms with van der Waals surface area (Å²) in [6.07, 6.45) is 0.958. The molecule has 0 saturated carbocycles. The maximum Gasteiger partial charge on any atom is 0.273 e. The van der Waals surface area contributed by atoms with Crippen molar-refractivity contribution in [2.75, 3.05) is 13.2 Å². The molecule has 0 aromatic carbocycles. The van der Waals surface area contributed by atoms with Crippen LogP contribution in [0.15, 0.2) is 21.6 Å². The molecule has 0 radical (unpaired) electrons. The Hall–Kier alpha value is -0.890. The quantitative estimate of drug-likeness (QED) is 0.812. The summed E-state index contributed by atoms with van der Waals surface area (Å²) in [6, 6.07) is 2.98. The van der Waals surface area contributed by atoms with Crippen molar-refractivity contribution in [2.24, 2.45) is 11.7 Å². The smallest absolute Gasteiger partial charge is 0.273 e. The molecule has 6 nitrogen and oxygen atoms in total. The van der Waals surface area contributed by atoms with E-state index in [1.165, 1.54) is 6.07 Å². The summed E-state index contributed by atoms with van der Waals surface area (Å²) in [7, 11) is -3.59. The Morgan fingerprint density at radius 3 is 2.83 bits per heavy atom. The van der Waals surface area contributed by atoms with Crippen molar-refractivity contribution in [3.8, 4) is 0 Å². The third-order valence-electron chi connectivity index (χ3n) is 3.17. The predicted molar refractivity (Wildman–Crippen MR) is 65.3 cm³/mol. The highest BCUT2D eigenvalue weighted by molar-refractivity contribution is 7.89. The van der Waals surface area contributed by atoms with Crippen molar-refractivity contribution in [3.63, 3.8) is 0 Å². The van der Waals surface area contributed by atoms with Crippen LogP contribution in [0.2, 0.25) is 0 Å². The third-order valence-corrected chi connectivity index (χ3v) is 4.47. The second-order valence-corrected chi connectivity index (χ2v) is 6.10. The average Bonchev–Trinajstić information content (AvgIpc) is 2.95. The molecule has 0 amide bonds. The van der Waals surface area contributed by atoms with Gasteiger partial charge in [-0.1, -0.05) is 0 Å². The third kappa shape index (κ3) is 2.92. The molecule has 1 saturated heterocycles. The molecule has 102 valence electrons. The topological polar surface area (TPSA) is 94.6 Å². The zero-order valence-corrected chi connectivity index (χ0v) is 11.1. The molecule has 2 unspecified atom stereocenters. The van der Waals surface area contributed by atoms with E-state index in [0.29, 0.717) is 18.9 Å². The molecule has 1 aliphatic heterocycles. The molecule has 1 fully saturated rings. The Labute approximate surface area is 107 Å². The zero-order chi connectivity index (χ0) is 13.2. The van der Waals surface area contributed by atoms with Crippen LogP contribution in [0, 0.1) is 5.92 Å². The van der Waals surface area contributed by atoms with Crippen molar-refractivity contribution in [1.29, 1.82) is 0 Å². The van der Waals surface area contributed by atoms with Gasteiger partial charge in [0.05, 0.1) is 12.6 Å². The lowest BCUT2D eigenvalue weighted by Gasteiger charge is -2.13. The van der Waals surface area contributed by atoms with E-state index in [-0.39, 0.29) is 23.7 Å². The Bertz CT molecular complexity index is 497. The minimum Gasteiger partial charge on any atom is -0.447 e. The standard InChI is InChI=1S/C11H18N2O4S/c1-8-9(4-5-16-8)7-13-18(14,15)11-3-2-10(6-12)17-11/h2-3,8-9,13H,4-7,12H2,1H3. The van der Waals surface area contributed by atoms with Crippen LogP contribution in [0.3, 0.4) is 0 Å². The summed E-state index contributed by atoms with van der Waals surface area (Å²) in [5.41, 5.74) is 5.37. The monoisotopic (exact) mass is 274 g/mol. The van der Waals surface area contributed by atoms with Gasteiger partial charge in [-0.05, 0) is 25.5 Å². The lowest BCUT2D eigenvalue weighted by atomic mass is 10.0. The Morgan fingerprint density at radius 2 is 2.28 bits per heavy atom. The molecule has 1 aromatic rings. The van der Waals surface area contributed by atoms with Crippen LogP contribution < -0.4 is 10.5 Å². The molecule has 7 heteroatoms. The average molecular weight is 274 g/mol. The van der Waals surface area contributed by atoms with Gasteiger partial charge < -0.3 is 14.9 Å². The molecule has 0 spiro atoms. The summed E-state index contributed by atoms with van der Waals surface area (Å²) in [6.45, 7) is 3.18. The first-order valence-electron chi connectivity index (χ1n) is 5.93. The number of sulfonamides is 1. The molecule has 2 heterocycles. The highest BCUT2D eigenvalue weighted by Gasteiger charge is 2.27. The van der Waals surface area contributed by atoms with Crippen LogP contribution in [-0.4, -0.2) is 27.7 Å². The number of furan rings is 1. The lowest BCUT2D eigenvalue weighted by Crippen LogP contribution is -2.31. The summed E-state index contributed by atoms with van der Waals surface area (Å²) in [4.78, 5) is 0. The van der Waals surface area contributed by atoms with E-state index < -0.39 is 10.0 Å². The van der Waals surface area contributed by atoms with Gasteiger partial charge in [0.25, 0.3) is 10.0 Å². The van der Waals surface area contributed by atoms with Gasteiger partial charge in [0.1, 0.15) is 5.76 Å². The van der Waals surface area contributed by atoms with Crippen LogP contribution in [0.4, 0.5) is 0 Å². The van der Waals surface area contributed by atoms with Gasteiger partial charge in [-0.25, -0.2) is 13.1 Å². The molecule has 1 aromatic heterocycles. The largest absolute Gasteiger partial charge is 0.447 e. The van der Waals surface area contributed by atoms with E-state index in [2.05, 4.69) is 4.72 Å². The minimum absolute atomic E-state index is 0.0869. The molecule has 0 aliphatic carbocycles. The summed E-state index contributed by atoms with van der Waals surface area (Å²) >= 11 is 0. The highest BCUT2D eigenvalue weighted by Crippen LogP contribution is 2.20. The van der Waals surface area contributed by atoms with Gasteiger partial charge in [0, 0.05) is 19.1 Å². The van der Waals surface area contributed by atoms with Crippen LogP contribution >= 0.6 is 0 Å². The van der Waals surface area contributed by atoms with Crippen molar-refractivity contribution in [2.45, 2.75) is 31.1 Å². The van der Waals surface area contributed by atoms with Crippen LogP contribution in [-0.2, 0) is 21.3 Å². The summed E-state index contributed by atoms with van der Waals surface area (Å²) in [5, 5.41) is -0.0884. The van der Waals surface area contributed by atoms with Crippen molar-refractivity contribution in [1.82, 2.24) is 4.72 Å². The second kappa shape index (κ2) is 5.40. The SMILES string of the molecule is CC1OCCC1CNS(=O)(=O)c1ccc(CN)o1. The number of hydrogen-bond acceptors (Lipinski definition) is 5. The maximum atomic E-state index is 11.9. The van der Waals surface area contributed by atoms with Crippen LogP contribution in [0.5, 0.6) is 0 Å². The molecule has 2 rings (SSSR count). The molecule has 18 heavy (non-hydrogen) atoms. The van der Waals surface area contributed by atoms with E-state index in [9.17, 15) is 8.42 Å². The Balaban J connectivity index is 1.98. The zero-order valence-electron chi connectivity index (χ0n) is 10.3. The lowest BCUT2D eigenvalue weighted by molar-refractivity contribution is 0.107. The van der Waals surface area contributed by atoms with E-state index in [1.54, 1.807) is 6.07 Å². The van der Waals surface area contributed by atoms with Gasteiger partial charge in [-0.3, -0.25) is 0 Å². The molecule has 2 atom stereocenters. The van der Waals surface area contributed by atoms with Gasteiger partial charge in [0.15, 0.2) is 0 Å². The fourth-order valence-electron chi connectivity index (χ4n) is 1.94. The van der Waals surface area contributed by atoms with E-state index in [1.807, 2.05) is 6.92 Å². The summed E-state index contributed by atoms with van der Waals surface area (Å²) in [5.74, 6) is 0.664. The van der Waals surface area contributed by atoms with E-state index in [0.717, 1.165) is 6.42 Å². The summed E-state index contributed by atoms with van der Waals surface area (Å²) < 4.78 is 36.9. The molecule has 0 bridgehead atoms. The van der Waals surface area contributed by atoms with Crippen LogP contribution in [0.25, 0.3) is 0 Å². The second-order valence-electron chi connectivity index (χ2n) is 4.40. The van der Waals surface area contributed by atoms with E-state index >= 15 is 0 Å². The minimum atomic E-state index is -3.59. The van der Waals surface area contributed by atoms with Gasteiger partial charge >= 0.3 is 0 Å². The Morgan fingerprint density at radius 1 is 1.50 bits per heavy atom. The maximum absolute atomic E-state index is 11.9. The number of nitrogens with two attached hydrogens (primary N) is 1. The number of ether oxygens (including phenoxy) is 1. The van der Waals surface area contributed by atoms with Crippen LogP contribution in [0.1, 0.15) is 19.1 Å². The first-order chi connectivity index (χ1) is 8.53. The normalized spacial score (nSPS) is 24.6. The number of nitrogens with one attached hydrogen (secondary N) is 1. The number of hydrogen-bond donors (Lipinski definition) is 2. The predicted octanol–water partition coefficient (Wildman–Crippen LogP) is 0.442. The molecule has 1 aliphatic rings. The molecule has 3 N–H and O–H groups in total. The van der Waals surface area contributed by atoms with Gasteiger partial charge in [-0.15, -0.1) is 0 Å². The number of rotatable bonds is 5. The fourth-order valence-corrected chi connectivity index (χ4v) is 2.98. The van der Waals surface area contributed by atoms with E-state index in [4.69, 9.17) is 14.9 Å².